The average molecular weight is 357 g/mol. The highest BCUT2D eigenvalue weighted by molar-refractivity contribution is 7.85. The molecule has 3 rings (SSSR count). The number of allylic oxidation sites excluding steroid dienone is 1. The van der Waals surface area contributed by atoms with Crippen LogP contribution < -0.4 is 0 Å². The first-order valence-corrected chi connectivity index (χ1v) is 9.57. The van der Waals surface area contributed by atoms with Gasteiger partial charge in [0.05, 0.1) is 4.90 Å². The summed E-state index contributed by atoms with van der Waals surface area (Å²) in [6.07, 6.45) is 5.72. The van der Waals surface area contributed by atoms with Crippen LogP contribution in [-0.2, 0) is 16.7 Å². The van der Waals surface area contributed by atoms with Gasteiger partial charge in [0.2, 0.25) is 0 Å². The van der Waals surface area contributed by atoms with Crippen molar-refractivity contribution in [2.24, 2.45) is 0 Å². The summed E-state index contributed by atoms with van der Waals surface area (Å²) < 4.78 is 33.5. The molecule has 0 fully saturated rings. The van der Waals surface area contributed by atoms with Crippen molar-refractivity contribution in [3.63, 3.8) is 0 Å². The highest BCUT2D eigenvalue weighted by Crippen LogP contribution is 2.08. The molecule has 0 saturated carbocycles. The number of rotatable bonds is 3. The molecule has 0 N–H and O–H groups in total. The normalized spacial score (nSPS) is 14.0. The third-order valence-corrected chi connectivity index (χ3v) is 4.66. The lowest BCUT2D eigenvalue weighted by atomic mass is 10.1. The van der Waals surface area contributed by atoms with Crippen LogP contribution in [0.4, 0.5) is 0 Å². The quantitative estimate of drug-likeness (QED) is 0.624. The molecule has 5 heteroatoms. The number of hydrogen-bond donors (Lipinski definition) is 0. The van der Waals surface area contributed by atoms with Crippen molar-refractivity contribution >= 4 is 16.3 Å². The largest absolute Gasteiger partial charge is 0.744 e. The van der Waals surface area contributed by atoms with E-state index in [0.29, 0.717) is 0 Å². The van der Waals surface area contributed by atoms with E-state index in [-0.39, 0.29) is 4.90 Å². The van der Waals surface area contributed by atoms with Crippen LogP contribution in [0.2, 0.25) is 0 Å². The fourth-order valence-electron chi connectivity index (χ4n) is 2.51. The van der Waals surface area contributed by atoms with E-state index in [1.54, 1.807) is 12.1 Å². The fraction of sp³-hybridized carbons (Fsp3) is 0.250. The van der Waals surface area contributed by atoms with Crippen LogP contribution in [0.5, 0.6) is 0 Å². The number of benzene rings is 2. The topological polar surface area (TPSA) is 60.2 Å². The Morgan fingerprint density at radius 1 is 1.00 bits per heavy atom. The summed E-state index contributed by atoms with van der Waals surface area (Å²) in [5, 5.41) is 0. The highest BCUT2D eigenvalue weighted by atomic mass is 32.2. The summed E-state index contributed by atoms with van der Waals surface area (Å²) in [4.78, 5) is -0.178. The summed E-state index contributed by atoms with van der Waals surface area (Å²) in [7, 11) is -4.27. The number of hydrogen-bond acceptors (Lipinski definition) is 3. The predicted molar refractivity (Wildman–Crippen MR) is 98.9 cm³/mol. The summed E-state index contributed by atoms with van der Waals surface area (Å²) in [6, 6.07) is 16.4. The molecule has 4 nitrogen and oxygen atoms in total. The van der Waals surface area contributed by atoms with Gasteiger partial charge >= 0.3 is 0 Å². The van der Waals surface area contributed by atoms with Crippen LogP contribution in [0.3, 0.4) is 0 Å². The standard InChI is InChI=1S/C13H16N.C7H8O3S/c1-12-6-5-9-14(10-12)11-13-7-3-2-4-8-13;1-6-2-4-7(5-3-6)11(8,9)10/h2-4,6-8,10H,5,9,11H2,1H3;2-5H,1H3,(H,8,9,10)/q+1;/p-1. The zero-order valence-electron chi connectivity index (χ0n) is 14.6. The highest BCUT2D eigenvalue weighted by Gasteiger charge is 2.08. The van der Waals surface area contributed by atoms with Gasteiger partial charge in [0, 0.05) is 17.6 Å². The smallest absolute Gasteiger partial charge is 0.168 e. The SMILES string of the molecule is CC1=CCC[N+](Cc2ccccc2)=C1.Cc1ccc(S(=O)(=O)[O-])cc1. The Hall–Kier alpha value is -2.24. The van der Waals surface area contributed by atoms with Crippen LogP contribution in [0.15, 0.2) is 71.1 Å². The molecule has 0 radical (unpaired) electrons. The molecule has 0 amide bonds. The van der Waals surface area contributed by atoms with Crippen molar-refractivity contribution in [2.45, 2.75) is 31.7 Å². The van der Waals surface area contributed by atoms with Crippen molar-refractivity contribution < 1.29 is 17.5 Å². The molecule has 2 aromatic carbocycles. The van der Waals surface area contributed by atoms with E-state index in [0.717, 1.165) is 18.7 Å². The molecule has 1 heterocycles. The molecule has 2 aromatic rings. The number of nitrogens with zero attached hydrogens (tertiary/aromatic N) is 1. The van der Waals surface area contributed by atoms with Gasteiger partial charge < -0.3 is 4.55 Å². The molecule has 1 aliphatic rings. The second-order valence-electron chi connectivity index (χ2n) is 6.09. The maximum Gasteiger partial charge on any atom is 0.168 e. The minimum Gasteiger partial charge on any atom is -0.744 e. The minimum atomic E-state index is -4.27. The first kappa shape index (κ1) is 19.1. The molecule has 0 saturated heterocycles. The summed E-state index contributed by atoms with van der Waals surface area (Å²) >= 11 is 0. The molecule has 0 spiro atoms. The zero-order valence-corrected chi connectivity index (χ0v) is 15.4. The van der Waals surface area contributed by atoms with E-state index in [9.17, 15) is 13.0 Å². The van der Waals surface area contributed by atoms with Crippen LogP contribution in [0, 0.1) is 6.92 Å². The summed E-state index contributed by atoms with van der Waals surface area (Å²) in [5.41, 5.74) is 3.70. The summed E-state index contributed by atoms with van der Waals surface area (Å²) in [5.74, 6) is 0. The van der Waals surface area contributed by atoms with Crippen molar-refractivity contribution in [1.82, 2.24) is 0 Å². The maximum atomic E-state index is 10.4. The Kier molecular flexibility index (Phi) is 6.67. The second kappa shape index (κ2) is 8.74. The summed E-state index contributed by atoms with van der Waals surface area (Å²) in [6.45, 7) is 6.16. The molecular weight excluding hydrogens is 334 g/mol. The molecule has 0 bridgehead atoms. The van der Waals surface area contributed by atoms with Gasteiger partial charge in [-0.2, -0.15) is 0 Å². The van der Waals surface area contributed by atoms with E-state index in [2.05, 4.69) is 54.1 Å². The van der Waals surface area contributed by atoms with E-state index >= 15 is 0 Å². The van der Waals surface area contributed by atoms with Gasteiger partial charge in [-0.25, -0.2) is 13.0 Å². The van der Waals surface area contributed by atoms with Crippen molar-refractivity contribution in [2.75, 3.05) is 6.54 Å². The molecule has 0 atom stereocenters. The van der Waals surface area contributed by atoms with Crippen LogP contribution in [-0.4, -0.2) is 30.3 Å². The predicted octanol–water partition coefficient (Wildman–Crippen LogP) is 3.52. The Morgan fingerprint density at radius 2 is 1.64 bits per heavy atom. The lowest BCUT2D eigenvalue weighted by Gasteiger charge is -2.07. The first-order chi connectivity index (χ1) is 11.8. The lowest BCUT2D eigenvalue weighted by Crippen LogP contribution is -2.17. The van der Waals surface area contributed by atoms with Gasteiger partial charge in [-0.05, 0) is 26.0 Å². The van der Waals surface area contributed by atoms with Gasteiger partial charge in [0.15, 0.2) is 12.8 Å². The molecule has 0 unspecified atom stereocenters. The molecule has 25 heavy (non-hydrogen) atoms. The van der Waals surface area contributed by atoms with E-state index < -0.39 is 10.1 Å². The number of aryl methyl sites for hydroxylation is 1. The Labute approximate surface area is 149 Å². The third kappa shape index (κ3) is 6.64. The van der Waals surface area contributed by atoms with Crippen LogP contribution in [0.25, 0.3) is 0 Å². The molecule has 1 aliphatic heterocycles. The Bertz CT molecular complexity index is 852. The second-order valence-corrected chi connectivity index (χ2v) is 7.47. The lowest BCUT2D eigenvalue weighted by molar-refractivity contribution is -0.539. The molecule has 132 valence electrons. The minimum absolute atomic E-state index is 0.178. The zero-order chi connectivity index (χ0) is 18.3. The van der Waals surface area contributed by atoms with E-state index in [1.807, 2.05) is 6.92 Å². The molecule has 0 aliphatic carbocycles. The monoisotopic (exact) mass is 357 g/mol. The van der Waals surface area contributed by atoms with Gasteiger partial charge in [-0.1, -0.05) is 54.1 Å². The van der Waals surface area contributed by atoms with Crippen LogP contribution in [0.1, 0.15) is 24.5 Å². The van der Waals surface area contributed by atoms with Gasteiger partial charge in [-0.3, -0.25) is 0 Å². The first-order valence-electron chi connectivity index (χ1n) is 8.17. The van der Waals surface area contributed by atoms with Crippen LogP contribution >= 0.6 is 0 Å². The molecular formula is C20H23NO3S. The maximum absolute atomic E-state index is 10.4. The van der Waals surface area contributed by atoms with Crippen molar-refractivity contribution in [3.8, 4) is 0 Å². The van der Waals surface area contributed by atoms with E-state index in [4.69, 9.17) is 0 Å². The Balaban J connectivity index is 0.000000186. The van der Waals surface area contributed by atoms with Gasteiger partial charge in [-0.15, -0.1) is 0 Å². The fourth-order valence-corrected chi connectivity index (χ4v) is 2.98. The Morgan fingerprint density at radius 3 is 2.20 bits per heavy atom. The van der Waals surface area contributed by atoms with E-state index in [1.165, 1.54) is 29.7 Å². The third-order valence-electron chi connectivity index (χ3n) is 3.81. The van der Waals surface area contributed by atoms with Gasteiger partial charge in [0.1, 0.15) is 16.7 Å². The van der Waals surface area contributed by atoms with Crippen molar-refractivity contribution in [1.29, 1.82) is 0 Å². The molecule has 0 aromatic heterocycles. The van der Waals surface area contributed by atoms with Crippen molar-refractivity contribution in [3.05, 3.63) is 77.4 Å². The average Bonchev–Trinajstić information content (AvgIpc) is 2.56. The van der Waals surface area contributed by atoms with Gasteiger partial charge in [0.25, 0.3) is 0 Å².